The van der Waals surface area contributed by atoms with Crippen LogP contribution in [-0.2, 0) is 11.2 Å². The van der Waals surface area contributed by atoms with Crippen molar-refractivity contribution in [1.82, 2.24) is 19.9 Å². The summed E-state index contributed by atoms with van der Waals surface area (Å²) in [7, 11) is 0. The Morgan fingerprint density at radius 3 is 2.66 bits per heavy atom. The second-order valence-electron chi connectivity index (χ2n) is 7.29. The molecule has 0 aliphatic carbocycles. The van der Waals surface area contributed by atoms with Gasteiger partial charge in [-0.1, -0.05) is 5.21 Å². The van der Waals surface area contributed by atoms with Gasteiger partial charge in [-0.2, -0.15) is 0 Å². The van der Waals surface area contributed by atoms with E-state index in [1.807, 2.05) is 30.5 Å². The second-order valence-corrected chi connectivity index (χ2v) is 7.67. The molecule has 0 bridgehead atoms. The predicted molar refractivity (Wildman–Crippen MR) is 113 cm³/mol. The van der Waals surface area contributed by atoms with Crippen LogP contribution in [0.3, 0.4) is 0 Å². The molecular formula is C20H26FN5O2S. The first-order valence-electron chi connectivity index (χ1n) is 9.90. The van der Waals surface area contributed by atoms with Crippen molar-refractivity contribution < 1.29 is 14.3 Å². The van der Waals surface area contributed by atoms with Crippen molar-refractivity contribution >= 4 is 29.0 Å². The van der Waals surface area contributed by atoms with Gasteiger partial charge in [-0.3, -0.25) is 9.18 Å². The number of aryl methyl sites for hydroxylation is 1. The van der Waals surface area contributed by atoms with Crippen LogP contribution < -0.4 is 5.32 Å². The summed E-state index contributed by atoms with van der Waals surface area (Å²) in [6.45, 7) is 1.33. The van der Waals surface area contributed by atoms with Gasteiger partial charge in [-0.25, -0.2) is 4.68 Å². The fraction of sp³-hybridized carbons (Fsp3) is 0.500. The Bertz CT molecular complexity index is 819. The van der Waals surface area contributed by atoms with Crippen molar-refractivity contribution in [2.45, 2.75) is 38.5 Å². The quantitative estimate of drug-likeness (QED) is 0.634. The highest BCUT2D eigenvalue weighted by atomic mass is 32.1. The Balaban J connectivity index is 1.49. The number of benzene rings is 1. The van der Waals surface area contributed by atoms with Crippen LogP contribution in [0.15, 0.2) is 30.5 Å². The molecule has 1 aliphatic rings. The number of hydrogen-bond acceptors (Lipinski definition) is 4. The van der Waals surface area contributed by atoms with Crippen LogP contribution >= 0.6 is 12.2 Å². The van der Waals surface area contributed by atoms with E-state index in [2.05, 4.69) is 20.5 Å². The van der Waals surface area contributed by atoms with Gasteiger partial charge in [0.25, 0.3) is 0 Å². The number of thiocarbonyl (C=S) groups is 1. The molecule has 1 fully saturated rings. The van der Waals surface area contributed by atoms with E-state index >= 15 is 0 Å². The van der Waals surface area contributed by atoms with Gasteiger partial charge in [0.15, 0.2) is 5.11 Å². The number of hydrogen-bond donors (Lipinski definition) is 2. The molecule has 0 unspecified atom stereocenters. The molecule has 7 nitrogen and oxygen atoms in total. The van der Waals surface area contributed by atoms with Crippen LogP contribution in [0.25, 0.3) is 5.69 Å². The van der Waals surface area contributed by atoms with Crippen LogP contribution in [0.5, 0.6) is 0 Å². The zero-order valence-corrected chi connectivity index (χ0v) is 17.1. The average molecular weight is 420 g/mol. The number of likely N-dealkylation sites (tertiary alicyclic amines) is 1. The molecule has 0 spiro atoms. The summed E-state index contributed by atoms with van der Waals surface area (Å²) in [4.78, 5) is 12.8. The third-order valence-corrected chi connectivity index (χ3v) is 5.52. The summed E-state index contributed by atoms with van der Waals surface area (Å²) in [5, 5.41) is 20.9. The summed E-state index contributed by atoms with van der Waals surface area (Å²) >= 11 is 5.53. The number of carboxylic acids is 1. The molecule has 2 heterocycles. The Kier molecular flexibility index (Phi) is 7.51. The van der Waals surface area contributed by atoms with Gasteiger partial charge < -0.3 is 15.3 Å². The topological polar surface area (TPSA) is 83.3 Å². The maximum Gasteiger partial charge on any atom is 0.303 e. The Labute approximate surface area is 174 Å². The van der Waals surface area contributed by atoms with Gasteiger partial charge in [-0.05, 0) is 74.5 Å². The Morgan fingerprint density at radius 2 is 2.00 bits per heavy atom. The van der Waals surface area contributed by atoms with Crippen molar-refractivity contribution in [3.05, 3.63) is 36.2 Å². The van der Waals surface area contributed by atoms with Gasteiger partial charge in [0.05, 0.1) is 24.3 Å². The monoisotopic (exact) mass is 419 g/mol. The molecule has 156 valence electrons. The SMILES string of the molecule is O=C(O)CCC1CCN(C(=S)Nc2ccc(-n3cc(CCCF)nn3)cc2)CC1. The van der Waals surface area contributed by atoms with Crippen molar-refractivity contribution in [1.29, 1.82) is 0 Å². The number of piperidine rings is 1. The van der Waals surface area contributed by atoms with Crippen LogP contribution in [0, 0.1) is 5.92 Å². The molecule has 1 aromatic carbocycles. The van der Waals surface area contributed by atoms with E-state index in [0.29, 0.717) is 23.9 Å². The van der Waals surface area contributed by atoms with Gasteiger partial charge in [0.2, 0.25) is 0 Å². The molecule has 2 N–H and O–H groups in total. The zero-order chi connectivity index (χ0) is 20.6. The molecule has 0 atom stereocenters. The highest BCUT2D eigenvalue weighted by Crippen LogP contribution is 2.23. The maximum absolute atomic E-state index is 12.3. The lowest BCUT2D eigenvalue weighted by molar-refractivity contribution is -0.137. The second kappa shape index (κ2) is 10.3. The number of nitrogens with zero attached hydrogens (tertiary/aromatic N) is 4. The van der Waals surface area contributed by atoms with Crippen molar-refractivity contribution in [3.63, 3.8) is 0 Å². The van der Waals surface area contributed by atoms with E-state index in [9.17, 15) is 9.18 Å². The molecule has 1 aromatic heterocycles. The van der Waals surface area contributed by atoms with Crippen molar-refractivity contribution in [3.8, 4) is 5.69 Å². The first-order valence-corrected chi connectivity index (χ1v) is 10.3. The molecule has 0 saturated carbocycles. The van der Waals surface area contributed by atoms with Crippen LogP contribution in [0.2, 0.25) is 0 Å². The lowest BCUT2D eigenvalue weighted by Crippen LogP contribution is -2.40. The van der Waals surface area contributed by atoms with Gasteiger partial charge in [0, 0.05) is 25.2 Å². The fourth-order valence-electron chi connectivity index (χ4n) is 3.44. The number of alkyl halides is 1. The first-order chi connectivity index (χ1) is 14.0. The van der Waals surface area contributed by atoms with Crippen molar-refractivity contribution in [2.24, 2.45) is 5.92 Å². The minimum atomic E-state index is -0.727. The predicted octanol–water partition coefficient (Wildman–Crippen LogP) is 3.44. The Hall–Kier alpha value is -2.55. The molecule has 1 aliphatic heterocycles. The van der Waals surface area contributed by atoms with Gasteiger partial charge >= 0.3 is 5.97 Å². The number of nitrogens with one attached hydrogen (secondary N) is 1. The minimum absolute atomic E-state index is 0.239. The molecule has 2 aromatic rings. The standard InChI is InChI=1S/C20H26FN5O2S/c21-11-1-2-17-14-26(24-23-17)18-6-4-16(5-7-18)22-20(29)25-12-9-15(10-13-25)3-8-19(27)28/h4-7,14-15H,1-3,8-13H2,(H,22,29)(H,27,28). The van der Waals surface area contributed by atoms with Gasteiger partial charge in [-0.15, -0.1) is 5.10 Å². The van der Waals surface area contributed by atoms with Crippen LogP contribution in [0.4, 0.5) is 10.1 Å². The number of carbonyl (C=O) groups is 1. The lowest BCUT2D eigenvalue weighted by Gasteiger charge is -2.33. The van der Waals surface area contributed by atoms with E-state index < -0.39 is 5.97 Å². The minimum Gasteiger partial charge on any atom is -0.481 e. The van der Waals surface area contributed by atoms with Gasteiger partial charge in [0.1, 0.15) is 0 Å². The number of rotatable bonds is 8. The van der Waals surface area contributed by atoms with E-state index in [4.69, 9.17) is 17.3 Å². The highest BCUT2D eigenvalue weighted by molar-refractivity contribution is 7.80. The van der Waals surface area contributed by atoms with E-state index in [0.717, 1.165) is 49.4 Å². The highest BCUT2D eigenvalue weighted by Gasteiger charge is 2.21. The summed E-state index contributed by atoms with van der Waals surface area (Å²) < 4.78 is 14.0. The average Bonchev–Trinajstić information content (AvgIpc) is 3.20. The number of aromatic nitrogens is 3. The number of anilines is 1. The fourth-order valence-corrected chi connectivity index (χ4v) is 3.74. The smallest absolute Gasteiger partial charge is 0.303 e. The summed E-state index contributed by atoms with van der Waals surface area (Å²) in [6, 6.07) is 7.72. The lowest BCUT2D eigenvalue weighted by atomic mass is 9.92. The largest absolute Gasteiger partial charge is 0.481 e. The molecule has 1 saturated heterocycles. The molecule has 3 rings (SSSR count). The number of halogens is 1. The first kappa shape index (κ1) is 21.2. The molecule has 9 heteroatoms. The zero-order valence-electron chi connectivity index (χ0n) is 16.3. The van der Waals surface area contributed by atoms with Crippen molar-refractivity contribution in [2.75, 3.05) is 25.1 Å². The molecular weight excluding hydrogens is 393 g/mol. The van der Waals surface area contributed by atoms with Crippen LogP contribution in [0.1, 0.15) is 37.8 Å². The third-order valence-electron chi connectivity index (χ3n) is 5.16. The number of aliphatic carboxylic acids is 1. The maximum atomic E-state index is 12.3. The Morgan fingerprint density at radius 1 is 1.28 bits per heavy atom. The van der Waals surface area contributed by atoms with E-state index in [1.165, 1.54) is 0 Å². The third kappa shape index (κ3) is 6.22. The van der Waals surface area contributed by atoms with E-state index in [-0.39, 0.29) is 13.1 Å². The summed E-state index contributed by atoms with van der Waals surface area (Å²) in [6.07, 6.45) is 5.76. The molecule has 0 radical (unpaired) electrons. The normalized spacial score (nSPS) is 14.7. The summed E-state index contributed by atoms with van der Waals surface area (Å²) in [5.74, 6) is -0.267. The molecule has 29 heavy (non-hydrogen) atoms. The molecule has 0 amide bonds. The van der Waals surface area contributed by atoms with Crippen LogP contribution in [-0.4, -0.2) is 55.8 Å². The van der Waals surface area contributed by atoms with E-state index in [1.54, 1.807) is 4.68 Å². The summed E-state index contributed by atoms with van der Waals surface area (Å²) in [5.41, 5.74) is 2.54. The number of carboxylic acid groups (broad SMARTS) is 1.